The molecule has 1 unspecified atom stereocenters. The molecule has 0 aliphatic carbocycles. The smallest absolute Gasteiger partial charge is 0.296 e. The van der Waals surface area contributed by atoms with Crippen molar-refractivity contribution in [2.75, 3.05) is 0 Å². The second-order valence-electron chi connectivity index (χ2n) is 2.43. The van der Waals surface area contributed by atoms with E-state index < -0.39 is 15.6 Å². The average Bonchev–Trinajstić information content (AvgIpc) is 2.02. The van der Waals surface area contributed by atoms with Crippen molar-refractivity contribution >= 4 is 10.1 Å². The minimum atomic E-state index is -4.58. The second-order valence-corrected chi connectivity index (χ2v) is 3.90. The van der Waals surface area contributed by atoms with Gasteiger partial charge in [-0.05, 0) is 6.07 Å². The molecule has 1 aromatic rings. The minimum Gasteiger partial charge on any atom is -0.508 e. The first-order valence-electron chi connectivity index (χ1n) is 3.35. The van der Waals surface area contributed by atoms with Gasteiger partial charge in [0.15, 0.2) is 0 Å². The zero-order valence-electron chi connectivity index (χ0n) is 6.45. The molecule has 0 bridgehead atoms. The number of phenolic OH excluding ortho intramolecular Hbond substituents is 1. The number of aliphatic hydroxyl groups excluding tert-OH is 1. The monoisotopic (exact) mass is 204 g/mol. The third-order valence-electron chi connectivity index (χ3n) is 1.48. The van der Waals surface area contributed by atoms with Gasteiger partial charge in [0.25, 0.3) is 10.1 Å². The summed E-state index contributed by atoms with van der Waals surface area (Å²) in [4.78, 5) is 0. The van der Waals surface area contributed by atoms with Crippen LogP contribution in [0, 0.1) is 0 Å². The van der Waals surface area contributed by atoms with Crippen molar-refractivity contribution < 1.29 is 23.2 Å². The Morgan fingerprint density at radius 3 is 2.23 bits per heavy atom. The van der Waals surface area contributed by atoms with Crippen LogP contribution >= 0.6 is 0 Å². The molecule has 0 heterocycles. The maximum absolute atomic E-state index is 10.5. The molecule has 1 rings (SSSR count). The fourth-order valence-corrected chi connectivity index (χ4v) is 1.38. The molecule has 0 fully saturated rings. The first-order valence-corrected chi connectivity index (χ1v) is 4.85. The fraction of sp³-hybridized carbons (Fsp3) is 0.143. The van der Waals surface area contributed by atoms with Crippen LogP contribution in [0.5, 0.6) is 5.75 Å². The van der Waals surface area contributed by atoms with Crippen LogP contribution in [0.1, 0.15) is 11.0 Å². The van der Waals surface area contributed by atoms with E-state index in [1.54, 1.807) is 0 Å². The molecule has 6 heteroatoms. The molecule has 1 aromatic carbocycles. The lowest BCUT2D eigenvalue weighted by Gasteiger charge is -2.08. The second kappa shape index (κ2) is 3.33. The van der Waals surface area contributed by atoms with Gasteiger partial charge < -0.3 is 10.2 Å². The van der Waals surface area contributed by atoms with Gasteiger partial charge in [0, 0.05) is 5.56 Å². The molecule has 5 nitrogen and oxygen atoms in total. The molecule has 0 saturated heterocycles. The molecule has 0 amide bonds. The van der Waals surface area contributed by atoms with Gasteiger partial charge >= 0.3 is 0 Å². The minimum absolute atomic E-state index is 0.245. The SMILES string of the molecule is O=S(=O)(O)C(O)c1ccccc1O. The van der Waals surface area contributed by atoms with Gasteiger partial charge in [-0.15, -0.1) is 0 Å². The van der Waals surface area contributed by atoms with E-state index >= 15 is 0 Å². The maximum atomic E-state index is 10.5. The highest BCUT2D eigenvalue weighted by Crippen LogP contribution is 2.26. The van der Waals surface area contributed by atoms with Crippen LogP contribution < -0.4 is 0 Å². The van der Waals surface area contributed by atoms with E-state index in [2.05, 4.69) is 0 Å². The third kappa shape index (κ3) is 2.18. The third-order valence-corrected chi connectivity index (χ3v) is 2.30. The highest BCUT2D eigenvalue weighted by molar-refractivity contribution is 7.85. The zero-order chi connectivity index (χ0) is 10.1. The maximum Gasteiger partial charge on any atom is 0.296 e. The Bertz CT molecular complexity index is 397. The summed E-state index contributed by atoms with van der Waals surface area (Å²) in [5, 5.41) is 18.1. The Morgan fingerprint density at radius 1 is 1.23 bits per heavy atom. The Labute approximate surface area is 75.0 Å². The first kappa shape index (κ1) is 9.97. The summed E-state index contributed by atoms with van der Waals surface area (Å²) in [6.07, 6.45) is 0. The van der Waals surface area contributed by atoms with Crippen molar-refractivity contribution in [2.45, 2.75) is 5.44 Å². The molecule has 72 valence electrons. The van der Waals surface area contributed by atoms with Gasteiger partial charge in [0.2, 0.25) is 5.44 Å². The summed E-state index contributed by atoms with van der Waals surface area (Å²) in [6.45, 7) is 0. The van der Waals surface area contributed by atoms with E-state index in [0.717, 1.165) is 0 Å². The molecule has 13 heavy (non-hydrogen) atoms. The summed E-state index contributed by atoms with van der Waals surface area (Å²) in [5.41, 5.74) is -2.35. The number of hydrogen-bond acceptors (Lipinski definition) is 4. The van der Waals surface area contributed by atoms with Crippen LogP contribution in [0.3, 0.4) is 0 Å². The van der Waals surface area contributed by atoms with Crippen molar-refractivity contribution in [1.82, 2.24) is 0 Å². The number of aliphatic hydroxyl groups is 1. The van der Waals surface area contributed by atoms with E-state index in [1.165, 1.54) is 24.3 Å². The van der Waals surface area contributed by atoms with Gasteiger partial charge in [0.05, 0.1) is 0 Å². The lowest BCUT2D eigenvalue weighted by atomic mass is 10.2. The number of para-hydroxylation sites is 1. The average molecular weight is 204 g/mol. The van der Waals surface area contributed by atoms with Crippen LogP contribution in [-0.2, 0) is 10.1 Å². The number of benzene rings is 1. The highest BCUT2D eigenvalue weighted by Gasteiger charge is 2.24. The molecule has 0 aromatic heterocycles. The number of phenols is 1. The fourth-order valence-electron chi connectivity index (χ4n) is 0.857. The Balaban J connectivity index is 3.17. The van der Waals surface area contributed by atoms with Gasteiger partial charge in [-0.2, -0.15) is 8.42 Å². The molecule has 0 saturated carbocycles. The van der Waals surface area contributed by atoms with Crippen molar-refractivity contribution in [2.24, 2.45) is 0 Å². The summed E-state index contributed by atoms with van der Waals surface area (Å²) in [7, 11) is -4.58. The standard InChI is InChI=1S/C7H8O5S/c8-6-4-2-1-3-5(6)7(9)13(10,11)12/h1-4,7-9H,(H,10,11,12). The largest absolute Gasteiger partial charge is 0.508 e. The first-order chi connectivity index (χ1) is 5.93. The van der Waals surface area contributed by atoms with Gasteiger partial charge in [-0.25, -0.2) is 0 Å². The van der Waals surface area contributed by atoms with E-state index in [-0.39, 0.29) is 11.3 Å². The van der Waals surface area contributed by atoms with Crippen LogP contribution in [0.25, 0.3) is 0 Å². The van der Waals surface area contributed by atoms with Crippen LogP contribution in [0.15, 0.2) is 24.3 Å². The quantitative estimate of drug-likeness (QED) is 0.601. The predicted molar refractivity (Wildman–Crippen MR) is 44.6 cm³/mol. The summed E-state index contributed by atoms with van der Waals surface area (Å²) < 4.78 is 29.4. The van der Waals surface area contributed by atoms with Crippen LogP contribution in [-0.4, -0.2) is 23.2 Å². The Morgan fingerprint density at radius 2 is 1.77 bits per heavy atom. The molecule has 1 atom stereocenters. The summed E-state index contributed by atoms with van der Waals surface area (Å²) in [5.74, 6) is -0.382. The van der Waals surface area contributed by atoms with Crippen molar-refractivity contribution in [3.8, 4) is 5.75 Å². The van der Waals surface area contributed by atoms with Crippen LogP contribution in [0.4, 0.5) is 0 Å². The number of aromatic hydroxyl groups is 1. The molecule has 0 aliphatic heterocycles. The Hall–Kier alpha value is -1.11. The molecule has 0 aliphatic rings. The molecular weight excluding hydrogens is 196 g/mol. The molecule has 0 spiro atoms. The lowest BCUT2D eigenvalue weighted by molar-refractivity contribution is 0.233. The van der Waals surface area contributed by atoms with Gasteiger partial charge in [-0.1, -0.05) is 18.2 Å². The number of hydrogen-bond donors (Lipinski definition) is 3. The highest BCUT2D eigenvalue weighted by atomic mass is 32.2. The predicted octanol–water partition coefficient (Wildman–Crippen LogP) is 0.271. The molecular formula is C7H8O5S. The van der Waals surface area contributed by atoms with Gasteiger partial charge in [-0.3, -0.25) is 4.55 Å². The summed E-state index contributed by atoms with van der Waals surface area (Å²) >= 11 is 0. The van der Waals surface area contributed by atoms with Crippen LogP contribution in [0.2, 0.25) is 0 Å². The van der Waals surface area contributed by atoms with Crippen molar-refractivity contribution in [3.05, 3.63) is 29.8 Å². The normalized spacial score (nSPS) is 14.0. The Kier molecular flexibility index (Phi) is 2.55. The van der Waals surface area contributed by atoms with E-state index in [1.807, 2.05) is 0 Å². The molecule has 3 N–H and O–H groups in total. The topological polar surface area (TPSA) is 94.8 Å². The van der Waals surface area contributed by atoms with Crippen molar-refractivity contribution in [1.29, 1.82) is 0 Å². The van der Waals surface area contributed by atoms with Crippen molar-refractivity contribution in [3.63, 3.8) is 0 Å². The summed E-state index contributed by atoms with van der Waals surface area (Å²) in [6, 6.07) is 5.32. The zero-order valence-corrected chi connectivity index (χ0v) is 7.27. The van der Waals surface area contributed by atoms with E-state index in [0.29, 0.717) is 0 Å². The van der Waals surface area contributed by atoms with Gasteiger partial charge in [0.1, 0.15) is 5.75 Å². The lowest BCUT2D eigenvalue weighted by Crippen LogP contribution is -2.11. The number of rotatable bonds is 2. The molecule has 0 radical (unpaired) electrons. The van der Waals surface area contributed by atoms with E-state index in [9.17, 15) is 8.42 Å². The van der Waals surface area contributed by atoms with E-state index in [4.69, 9.17) is 14.8 Å².